The van der Waals surface area contributed by atoms with E-state index in [4.69, 9.17) is 4.42 Å². The maximum atomic E-state index is 13.0. The molecule has 28 heavy (non-hydrogen) atoms. The third kappa shape index (κ3) is 3.91. The monoisotopic (exact) mass is 381 g/mol. The molecule has 3 heterocycles. The molecule has 146 valence electrons. The molecule has 1 saturated heterocycles. The molecule has 1 amide bonds. The molecule has 0 bridgehead atoms. The summed E-state index contributed by atoms with van der Waals surface area (Å²) in [6, 6.07) is 13.0. The summed E-state index contributed by atoms with van der Waals surface area (Å²) in [5.41, 5.74) is 0.454. The number of hydrogen-bond donors (Lipinski definition) is 2. The topological polar surface area (TPSA) is 94.1 Å². The van der Waals surface area contributed by atoms with Gasteiger partial charge in [0.2, 0.25) is 5.91 Å². The number of benzene rings is 1. The minimum Gasteiger partial charge on any atom is -0.467 e. The third-order valence-corrected chi connectivity index (χ3v) is 4.87. The van der Waals surface area contributed by atoms with Crippen molar-refractivity contribution < 1.29 is 9.21 Å². The van der Waals surface area contributed by atoms with Gasteiger partial charge in [-0.1, -0.05) is 18.2 Å². The van der Waals surface area contributed by atoms with E-state index in [1.807, 2.05) is 30.3 Å². The number of furan rings is 1. The predicted octanol–water partition coefficient (Wildman–Crippen LogP) is 1.41. The summed E-state index contributed by atoms with van der Waals surface area (Å²) in [4.78, 5) is 25.4. The first-order valence-electron chi connectivity index (χ1n) is 9.47. The van der Waals surface area contributed by atoms with E-state index in [1.165, 1.54) is 4.68 Å². The fourth-order valence-electron chi connectivity index (χ4n) is 3.47. The Morgan fingerprint density at radius 3 is 2.82 bits per heavy atom. The van der Waals surface area contributed by atoms with Gasteiger partial charge in [0.05, 0.1) is 18.5 Å². The summed E-state index contributed by atoms with van der Waals surface area (Å²) < 4.78 is 8.08. The molecule has 3 aromatic rings. The fourth-order valence-corrected chi connectivity index (χ4v) is 3.47. The number of carbonyl (C=O) groups is 1. The number of carbonyl (C=O) groups excluding carboxylic acids is 1. The maximum Gasteiger partial charge on any atom is 0.351 e. The van der Waals surface area contributed by atoms with Gasteiger partial charge in [-0.25, -0.2) is 14.0 Å². The summed E-state index contributed by atoms with van der Waals surface area (Å²) in [6.45, 7) is 1.89. The molecule has 2 N–H and O–H groups in total. The average molecular weight is 381 g/mol. The molecule has 8 nitrogen and oxygen atoms in total. The van der Waals surface area contributed by atoms with Crippen LogP contribution in [0.1, 0.15) is 30.3 Å². The summed E-state index contributed by atoms with van der Waals surface area (Å²) in [5, 5.41) is 10.7. The molecular weight excluding hydrogens is 358 g/mol. The lowest BCUT2D eigenvalue weighted by Crippen LogP contribution is -2.33. The maximum absolute atomic E-state index is 13.0. The second-order valence-electron chi connectivity index (χ2n) is 6.87. The van der Waals surface area contributed by atoms with Crippen molar-refractivity contribution in [3.05, 3.63) is 70.8 Å². The van der Waals surface area contributed by atoms with Gasteiger partial charge in [-0.2, -0.15) is 5.10 Å². The van der Waals surface area contributed by atoms with Gasteiger partial charge in [-0.05, 0) is 43.7 Å². The molecule has 0 unspecified atom stereocenters. The van der Waals surface area contributed by atoms with Crippen molar-refractivity contribution in [2.24, 2.45) is 0 Å². The lowest BCUT2D eigenvalue weighted by molar-refractivity contribution is -0.122. The van der Waals surface area contributed by atoms with E-state index >= 15 is 0 Å². The number of rotatable bonds is 6. The van der Waals surface area contributed by atoms with Gasteiger partial charge in [0.25, 0.3) is 0 Å². The Hall–Kier alpha value is -3.13. The van der Waals surface area contributed by atoms with E-state index in [1.54, 1.807) is 23.0 Å². The first kappa shape index (κ1) is 18.2. The van der Waals surface area contributed by atoms with Crippen molar-refractivity contribution >= 4 is 5.91 Å². The summed E-state index contributed by atoms with van der Waals surface area (Å²) in [6.07, 6.45) is 3.54. The Morgan fingerprint density at radius 2 is 2.11 bits per heavy atom. The molecule has 1 aliphatic heterocycles. The van der Waals surface area contributed by atoms with Gasteiger partial charge in [0.1, 0.15) is 18.1 Å². The Balaban J connectivity index is 1.59. The number of amides is 1. The highest BCUT2D eigenvalue weighted by molar-refractivity contribution is 5.75. The number of nitrogens with zero attached hydrogens (tertiary/aromatic N) is 3. The molecule has 0 saturated carbocycles. The normalized spacial score (nSPS) is 16.8. The van der Waals surface area contributed by atoms with E-state index < -0.39 is 0 Å². The van der Waals surface area contributed by atoms with Crippen LogP contribution in [-0.4, -0.2) is 33.3 Å². The molecule has 1 atom stereocenters. The zero-order valence-corrected chi connectivity index (χ0v) is 15.5. The van der Waals surface area contributed by atoms with E-state index in [2.05, 4.69) is 15.7 Å². The quantitative estimate of drug-likeness (QED) is 0.673. The van der Waals surface area contributed by atoms with Crippen molar-refractivity contribution in [2.75, 3.05) is 13.1 Å². The SMILES string of the molecule is O=C(Cn1nc([C@H]2CCCNC2)n(-c2ccccc2)c1=O)NCc1ccco1. The molecule has 4 rings (SSSR count). The van der Waals surface area contributed by atoms with Gasteiger partial charge >= 0.3 is 5.69 Å². The van der Waals surface area contributed by atoms with Crippen molar-refractivity contribution in [1.29, 1.82) is 0 Å². The molecule has 1 fully saturated rings. The minimum atomic E-state index is -0.306. The largest absolute Gasteiger partial charge is 0.467 e. The van der Waals surface area contributed by atoms with Gasteiger partial charge < -0.3 is 15.1 Å². The van der Waals surface area contributed by atoms with Crippen molar-refractivity contribution in [1.82, 2.24) is 25.0 Å². The standard InChI is InChI=1S/C20H23N5O3/c26-18(22-13-17-9-5-11-28-17)14-24-20(27)25(16-7-2-1-3-8-16)19(23-24)15-6-4-10-21-12-15/h1-3,5,7-9,11,15,21H,4,6,10,12-14H2,(H,22,26)/t15-/m0/s1. The van der Waals surface area contributed by atoms with Crippen molar-refractivity contribution in [2.45, 2.75) is 31.8 Å². The van der Waals surface area contributed by atoms with Crippen LogP contribution in [0.2, 0.25) is 0 Å². The molecule has 2 aromatic heterocycles. The Morgan fingerprint density at radius 1 is 1.25 bits per heavy atom. The second-order valence-corrected chi connectivity index (χ2v) is 6.87. The highest BCUT2D eigenvalue weighted by atomic mass is 16.3. The van der Waals surface area contributed by atoms with E-state index in [9.17, 15) is 9.59 Å². The van der Waals surface area contributed by atoms with Crippen LogP contribution in [0.5, 0.6) is 0 Å². The van der Waals surface area contributed by atoms with Crippen LogP contribution in [-0.2, 0) is 17.9 Å². The lowest BCUT2D eigenvalue weighted by Gasteiger charge is -2.22. The smallest absolute Gasteiger partial charge is 0.351 e. The average Bonchev–Trinajstić information content (AvgIpc) is 3.36. The number of aromatic nitrogens is 3. The molecule has 0 spiro atoms. The fraction of sp³-hybridized carbons (Fsp3) is 0.350. The number of hydrogen-bond acceptors (Lipinski definition) is 5. The molecule has 1 aromatic carbocycles. The number of para-hydroxylation sites is 1. The zero-order valence-electron chi connectivity index (χ0n) is 15.5. The van der Waals surface area contributed by atoms with Gasteiger partial charge in [-0.15, -0.1) is 0 Å². The zero-order chi connectivity index (χ0) is 19.3. The van der Waals surface area contributed by atoms with Gasteiger partial charge in [-0.3, -0.25) is 4.79 Å². The van der Waals surface area contributed by atoms with Crippen molar-refractivity contribution in [3.8, 4) is 5.69 Å². The van der Waals surface area contributed by atoms with Crippen LogP contribution < -0.4 is 16.3 Å². The highest BCUT2D eigenvalue weighted by Crippen LogP contribution is 2.22. The molecule has 0 radical (unpaired) electrons. The second kappa shape index (κ2) is 8.26. The van der Waals surface area contributed by atoms with Crippen LogP contribution in [0, 0.1) is 0 Å². The van der Waals surface area contributed by atoms with E-state index in [0.29, 0.717) is 11.6 Å². The molecule has 1 aliphatic rings. The Kier molecular flexibility index (Phi) is 5.38. The molecule has 8 heteroatoms. The Labute approximate surface area is 162 Å². The first-order valence-corrected chi connectivity index (χ1v) is 9.47. The van der Waals surface area contributed by atoms with Crippen molar-refractivity contribution in [3.63, 3.8) is 0 Å². The van der Waals surface area contributed by atoms with Crippen LogP contribution >= 0.6 is 0 Å². The first-order chi connectivity index (χ1) is 13.7. The summed E-state index contributed by atoms with van der Waals surface area (Å²) in [7, 11) is 0. The molecule has 0 aliphatic carbocycles. The summed E-state index contributed by atoms with van der Waals surface area (Å²) in [5.74, 6) is 1.20. The van der Waals surface area contributed by atoms with Crippen LogP contribution in [0.25, 0.3) is 5.69 Å². The van der Waals surface area contributed by atoms with E-state index in [0.717, 1.165) is 31.6 Å². The van der Waals surface area contributed by atoms with Crippen LogP contribution in [0.3, 0.4) is 0 Å². The summed E-state index contributed by atoms with van der Waals surface area (Å²) >= 11 is 0. The van der Waals surface area contributed by atoms with Gasteiger partial charge in [0, 0.05) is 12.5 Å². The van der Waals surface area contributed by atoms with Gasteiger partial charge in [0.15, 0.2) is 0 Å². The highest BCUT2D eigenvalue weighted by Gasteiger charge is 2.25. The number of piperidine rings is 1. The van der Waals surface area contributed by atoms with Crippen LogP contribution in [0.4, 0.5) is 0 Å². The van der Waals surface area contributed by atoms with E-state index in [-0.39, 0.29) is 30.6 Å². The van der Waals surface area contributed by atoms with Crippen LogP contribution in [0.15, 0.2) is 57.9 Å². The minimum absolute atomic E-state index is 0.132. The number of nitrogens with one attached hydrogen (secondary N) is 2. The Bertz CT molecular complexity index is 969. The third-order valence-electron chi connectivity index (χ3n) is 4.87. The predicted molar refractivity (Wildman–Crippen MR) is 103 cm³/mol. The molecular formula is C20H23N5O3. The lowest BCUT2D eigenvalue weighted by atomic mass is 9.99.